The van der Waals surface area contributed by atoms with E-state index < -0.39 is 0 Å². The van der Waals surface area contributed by atoms with Crippen LogP contribution in [0.3, 0.4) is 0 Å². The molecule has 4 nitrogen and oxygen atoms in total. The smallest absolute Gasteiger partial charge is 0.227 e. The summed E-state index contributed by atoms with van der Waals surface area (Å²) in [5.74, 6) is 1.15. The molecule has 1 fully saturated rings. The summed E-state index contributed by atoms with van der Waals surface area (Å²) in [7, 11) is 0. The van der Waals surface area contributed by atoms with Crippen LogP contribution in [0.5, 0.6) is 0 Å². The Morgan fingerprint density at radius 1 is 1.03 bits per heavy atom. The van der Waals surface area contributed by atoms with E-state index in [1.165, 1.54) is 0 Å². The number of para-hydroxylation sites is 2. The van der Waals surface area contributed by atoms with E-state index in [2.05, 4.69) is 22.8 Å². The fourth-order valence-electron chi connectivity index (χ4n) is 4.32. The first kappa shape index (κ1) is 18.9. The number of amides is 1. The maximum absolute atomic E-state index is 12.9. The molecule has 2 heterocycles. The fourth-order valence-corrected chi connectivity index (χ4v) is 4.53. The van der Waals surface area contributed by atoms with E-state index in [1.54, 1.807) is 0 Å². The number of nitrogens with zero attached hydrogens (tertiary/aromatic N) is 3. The zero-order valence-electron chi connectivity index (χ0n) is 16.8. The van der Waals surface area contributed by atoms with Crippen LogP contribution in [0.25, 0.3) is 11.0 Å². The molecule has 1 aliphatic heterocycles. The van der Waals surface area contributed by atoms with Crippen LogP contribution in [-0.2, 0) is 11.3 Å². The first-order chi connectivity index (χ1) is 14.6. The number of hydrogen-bond donors (Lipinski definition) is 0. The van der Waals surface area contributed by atoms with Gasteiger partial charge in [-0.25, -0.2) is 4.98 Å². The van der Waals surface area contributed by atoms with Crippen molar-refractivity contribution < 1.29 is 4.79 Å². The number of aromatic nitrogens is 2. The van der Waals surface area contributed by atoms with Crippen molar-refractivity contribution in [2.45, 2.75) is 25.8 Å². The van der Waals surface area contributed by atoms with Gasteiger partial charge in [-0.2, -0.15) is 0 Å². The van der Waals surface area contributed by atoms with Gasteiger partial charge in [0.1, 0.15) is 5.82 Å². The van der Waals surface area contributed by atoms with E-state index in [0.717, 1.165) is 38.7 Å². The molecule has 1 amide bonds. The second-order valence-electron chi connectivity index (χ2n) is 7.92. The summed E-state index contributed by atoms with van der Waals surface area (Å²) in [6.45, 7) is 3.36. The lowest BCUT2D eigenvalue weighted by molar-refractivity contribution is -0.117. The number of hydrogen-bond acceptors (Lipinski definition) is 2. The molecule has 1 aliphatic rings. The lowest BCUT2D eigenvalue weighted by Gasteiger charge is -2.18. The molecule has 1 saturated heterocycles. The molecule has 0 aliphatic carbocycles. The number of fused-ring (bicyclic) bond motifs is 1. The van der Waals surface area contributed by atoms with Crippen molar-refractivity contribution in [2.75, 3.05) is 11.4 Å². The van der Waals surface area contributed by atoms with Crippen molar-refractivity contribution in [3.05, 3.63) is 94.8 Å². The molecule has 0 N–H and O–H groups in total. The summed E-state index contributed by atoms with van der Waals surface area (Å²) >= 11 is 6.21. The van der Waals surface area contributed by atoms with E-state index in [9.17, 15) is 4.79 Å². The Labute approximate surface area is 180 Å². The summed E-state index contributed by atoms with van der Waals surface area (Å²) in [5, 5.41) is 0.722. The molecule has 0 saturated carbocycles. The molecule has 0 radical (unpaired) electrons. The number of imidazole rings is 1. The molecular formula is C25H22ClN3O. The third kappa shape index (κ3) is 3.48. The van der Waals surface area contributed by atoms with Crippen LogP contribution in [0.15, 0.2) is 72.8 Å². The van der Waals surface area contributed by atoms with Crippen molar-refractivity contribution >= 4 is 34.2 Å². The van der Waals surface area contributed by atoms with Crippen molar-refractivity contribution in [2.24, 2.45) is 0 Å². The number of rotatable bonds is 4. The average Bonchev–Trinajstić information content (AvgIpc) is 3.29. The van der Waals surface area contributed by atoms with Crippen molar-refractivity contribution in [1.29, 1.82) is 0 Å². The van der Waals surface area contributed by atoms with Crippen LogP contribution in [-0.4, -0.2) is 22.0 Å². The maximum atomic E-state index is 12.9. The van der Waals surface area contributed by atoms with Crippen molar-refractivity contribution in [3.63, 3.8) is 0 Å². The van der Waals surface area contributed by atoms with E-state index in [0.29, 0.717) is 19.5 Å². The highest BCUT2D eigenvalue weighted by Gasteiger charge is 2.34. The minimum atomic E-state index is 0.0459. The van der Waals surface area contributed by atoms with Gasteiger partial charge in [-0.15, -0.1) is 0 Å². The monoisotopic (exact) mass is 415 g/mol. The van der Waals surface area contributed by atoms with Gasteiger partial charge in [0.25, 0.3) is 0 Å². The number of aryl methyl sites for hydroxylation is 1. The highest BCUT2D eigenvalue weighted by atomic mass is 35.5. The highest BCUT2D eigenvalue weighted by Crippen LogP contribution is 2.34. The summed E-state index contributed by atoms with van der Waals surface area (Å²) in [6.07, 6.45) is 0.465. The van der Waals surface area contributed by atoms with Gasteiger partial charge in [0.05, 0.1) is 11.0 Å². The van der Waals surface area contributed by atoms with Gasteiger partial charge in [0, 0.05) is 36.1 Å². The van der Waals surface area contributed by atoms with Gasteiger partial charge in [0.15, 0.2) is 0 Å². The lowest BCUT2D eigenvalue weighted by Crippen LogP contribution is -2.24. The molecule has 0 bridgehead atoms. The summed E-state index contributed by atoms with van der Waals surface area (Å²) in [6, 6.07) is 24.2. The molecule has 0 spiro atoms. The van der Waals surface area contributed by atoms with Crippen LogP contribution >= 0.6 is 11.6 Å². The molecule has 1 aromatic heterocycles. The van der Waals surface area contributed by atoms with Gasteiger partial charge in [-0.1, -0.05) is 48.0 Å². The summed E-state index contributed by atoms with van der Waals surface area (Å²) in [4.78, 5) is 19.7. The zero-order chi connectivity index (χ0) is 20.7. The highest BCUT2D eigenvalue weighted by molar-refractivity contribution is 6.30. The normalized spacial score (nSPS) is 16.5. The van der Waals surface area contributed by atoms with E-state index in [4.69, 9.17) is 16.6 Å². The number of benzene rings is 3. The van der Waals surface area contributed by atoms with Crippen LogP contribution < -0.4 is 4.90 Å². The predicted octanol–water partition coefficient (Wildman–Crippen LogP) is 5.57. The molecule has 150 valence electrons. The minimum Gasteiger partial charge on any atom is -0.323 e. The number of carbonyl (C=O) groups is 1. The first-order valence-electron chi connectivity index (χ1n) is 10.1. The van der Waals surface area contributed by atoms with Gasteiger partial charge in [-0.3, -0.25) is 4.79 Å². The van der Waals surface area contributed by atoms with Gasteiger partial charge in [-0.05, 0) is 54.4 Å². The topological polar surface area (TPSA) is 38.1 Å². The van der Waals surface area contributed by atoms with Gasteiger partial charge in [0.2, 0.25) is 5.91 Å². The van der Waals surface area contributed by atoms with Crippen molar-refractivity contribution in [1.82, 2.24) is 9.55 Å². The Balaban J connectivity index is 1.53. The van der Waals surface area contributed by atoms with E-state index >= 15 is 0 Å². The maximum Gasteiger partial charge on any atom is 0.227 e. The molecule has 5 rings (SSSR count). The molecule has 1 atom stereocenters. The standard InChI is InChI=1S/C25H22ClN3O/c1-17-6-4-9-21(12-17)28-16-19(14-24(28)30)25-27-22-10-2-3-11-23(22)29(25)15-18-7-5-8-20(26)13-18/h2-13,19H,14-16H2,1H3. The van der Waals surface area contributed by atoms with Crippen LogP contribution in [0.1, 0.15) is 29.3 Å². The Morgan fingerprint density at radius 3 is 2.70 bits per heavy atom. The van der Waals surface area contributed by atoms with Gasteiger partial charge < -0.3 is 9.47 Å². The zero-order valence-corrected chi connectivity index (χ0v) is 17.5. The molecule has 30 heavy (non-hydrogen) atoms. The molecule has 3 aromatic carbocycles. The van der Waals surface area contributed by atoms with Crippen LogP contribution in [0, 0.1) is 6.92 Å². The second kappa shape index (κ2) is 7.62. The fraction of sp³-hybridized carbons (Fsp3) is 0.200. The molecular weight excluding hydrogens is 394 g/mol. The van der Waals surface area contributed by atoms with E-state index in [-0.39, 0.29) is 11.8 Å². The number of carbonyl (C=O) groups excluding carboxylic acids is 1. The lowest BCUT2D eigenvalue weighted by atomic mass is 10.1. The van der Waals surface area contributed by atoms with Gasteiger partial charge >= 0.3 is 0 Å². The molecule has 1 unspecified atom stereocenters. The predicted molar refractivity (Wildman–Crippen MR) is 121 cm³/mol. The van der Waals surface area contributed by atoms with Crippen LogP contribution in [0.2, 0.25) is 5.02 Å². The Bertz CT molecular complexity index is 1250. The Morgan fingerprint density at radius 2 is 1.87 bits per heavy atom. The number of anilines is 1. The number of halogens is 1. The average molecular weight is 416 g/mol. The molecule has 4 aromatic rings. The Hall–Kier alpha value is -3.11. The Kier molecular flexibility index (Phi) is 4.80. The van der Waals surface area contributed by atoms with E-state index in [1.807, 2.05) is 66.4 Å². The second-order valence-corrected chi connectivity index (χ2v) is 8.36. The van der Waals surface area contributed by atoms with Crippen molar-refractivity contribution in [3.8, 4) is 0 Å². The first-order valence-corrected chi connectivity index (χ1v) is 10.5. The summed E-state index contributed by atoms with van der Waals surface area (Å²) < 4.78 is 2.23. The largest absolute Gasteiger partial charge is 0.323 e. The minimum absolute atomic E-state index is 0.0459. The third-order valence-electron chi connectivity index (χ3n) is 5.72. The SMILES string of the molecule is Cc1cccc(N2CC(c3nc4ccccc4n3Cc3cccc(Cl)c3)CC2=O)c1. The van der Waals surface area contributed by atoms with Crippen LogP contribution in [0.4, 0.5) is 5.69 Å². The quantitative estimate of drug-likeness (QED) is 0.437. The third-order valence-corrected chi connectivity index (χ3v) is 5.95. The summed E-state index contributed by atoms with van der Waals surface area (Å²) in [5.41, 5.74) is 5.26. The molecule has 5 heteroatoms.